The van der Waals surface area contributed by atoms with Crippen LogP contribution in [0, 0.1) is 17.3 Å². The van der Waals surface area contributed by atoms with Crippen molar-refractivity contribution < 1.29 is 29.0 Å². The number of hydrogen-bond acceptors (Lipinski definition) is 5. The van der Waals surface area contributed by atoms with Crippen LogP contribution in [0.15, 0.2) is 12.2 Å². The molecule has 0 rings (SSSR count). The molecule has 0 aliphatic heterocycles. The van der Waals surface area contributed by atoms with Gasteiger partial charge in [0.25, 0.3) is 0 Å². The van der Waals surface area contributed by atoms with E-state index in [1.165, 1.54) is 0 Å². The summed E-state index contributed by atoms with van der Waals surface area (Å²) in [5, 5.41) is 8.51. The molecule has 0 aromatic heterocycles. The van der Waals surface area contributed by atoms with Crippen molar-refractivity contribution in [3.63, 3.8) is 0 Å². The van der Waals surface area contributed by atoms with Gasteiger partial charge in [0.1, 0.15) is 6.10 Å². The van der Waals surface area contributed by atoms with Gasteiger partial charge in [-0.05, 0) is 5.92 Å². The van der Waals surface area contributed by atoms with E-state index >= 15 is 0 Å². The summed E-state index contributed by atoms with van der Waals surface area (Å²) in [6.45, 7) is 11.0. The molecule has 126 valence electrons. The highest BCUT2D eigenvalue weighted by molar-refractivity contribution is 5.90. The van der Waals surface area contributed by atoms with Gasteiger partial charge >= 0.3 is 17.9 Å². The smallest absolute Gasteiger partial charge is 0.331 e. The molecule has 22 heavy (non-hydrogen) atoms. The van der Waals surface area contributed by atoms with Crippen LogP contribution in [0.4, 0.5) is 0 Å². The summed E-state index contributed by atoms with van der Waals surface area (Å²) in [4.78, 5) is 33.7. The predicted octanol–water partition coefficient (Wildman–Crippen LogP) is 2.42. The minimum atomic E-state index is -1.22. The summed E-state index contributed by atoms with van der Waals surface area (Å²) in [5.74, 6) is -2.51. The first kappa shape index (κ1) is 20.1. The Morgan fingerprint density at radius 3 is 2.05 bits per heavy atom. The van der Waals surface area contributed by atoms with Gasteiger partial charge in [-0.15, -0.1) is 0 Å². The lowest BCUT2D eigenvalue weighted by Crippen LogP contribution is -2.41. The first-order valence-electron chi connectivity index (χ1n) is 7.25. The van der Waals surface area contributed by atoms with E-state index in [2.05, 4.69) is 0 Å². The second kappa shape index (κ2) is 8.56. The molecule has 0 bridgehead atoms. The van der Waals surface area contributed by atoms with Crippen LogP contribution in [0.3, 0.4) is 0 Å². The normalized spacial score (nSPS) is 13.5. The molecule has 0 spiro atoms. The molecule has 1 atom stereocenters. The molecule has 6 heteroatoms. The Bertz CT molecular complexity index is 434. The molecule has 0 aliphatic carbocycles. The molecule has 0 aromatic rings. The van der Waals surface area contributed by atoms with E-state index in [-0.39, 0.29) is 24.4 Å². The van der Waals surface area contributed by atoms with Crippen LogP contribution >= 0.6 is 0 Å². The monoisotopic (exact) mass is 314 g/mol. The van der Waals surface area contributed by atoms with Gasteiger partial charge in [0, 0.05) is 17.6 Å². The van der Waals surface area contributed by atoms with Crippen molar-refractivity contribution in [1.82, 2.24) is 0 Å². The van der Waals surface area contributed by atoms with E-state index in [1.54, 1.807) is 13.8 Å². The fourth-order valence-electron chi connectivity index (χ4n) is 2.01. The van der Waals surface area contributed by atoms with Crippen LogP contribution in [0.1, 0.15) is 41.5 Å². The van der Waals surface area contributed by atoms with E-state index in [0.717, 1.165) is 12.2 Å². The van der Waals surface area contributed by atoms with Crippen molar-refractivity contribution in [2.75, 3.05) is 6.61 Å². The van der Waals surface area contributed by atoms with Crippen molar-refractivity contribution in [2.24, 2.45) is 17.3 Å². The fraction of sp³-hybridized carbons (Fsp3) is 0.688. The number of aliphatic carboxylic acids is 1. The van der Waals surface area contributed by atoms with Gasteiger partial charge in [-0.2, -0.15) is 0 Å². The second-order valence-corrected chi connectivity index (χ2v) is 6.52. The van der Waals surface area contributed by atoms with Gasteiger partial charge in [0.2, 0.25) is 0 Å². The molecular formula is C16H26O6. The lowest BCUT2D eigenvalue weighted by Gasteiger charge is -2.35. The van der Waals surface area contributed by atoms with Crippen LogP contribution in [0.2, 0.25) is 0 Å². The predicted molar refractivity (Wildman–Crippen MR) is 81.1 cm³/mol. The maximum absolute atomic E-state index is 11.7. The number of carboxylic acid groups (broad SMARTS) is 1. The molecule has 0 saturated heterocycles. The summed E-state index contributed by atoms with van der Waals surface area (Å²) < 4.78 is 10.6. The van der Waals surface area contributed by atoms with E-state index < -0.39 is 23.5 Å². The molecule has 0 aromatic carbocycles. The average Bonchev–Trinajstić information content (AvgIpc) is 2.39. The van der Waals surface area contributed by atoms with Crippen LogP contribution in [-0.2, 0) is 23.9 Å². The molecule has 6 nitrogen and oxygen atoms in total. The fourth-order valence-corrected chi connectivity index (χ4v) is 2.01. The van der Waals surface area contributed by atoms with E-state index in [1.807, 2.05) is 27.7 Å². The highest BCUT2D eigenvalue weighted by Gasteiger charge is 2.36. The zero-order valence-corrected chi connectivity index (χ0v) is 14.1. The van der Waals surface area contributed by atoms with Crippen molar-refractivity contribution >= 4 is 17.9 Å². The molecule has 0 saturated carbocycles. The lowest BCUT2D eigenvalue weighted by atomic mass is 9.81. The van der Waals surface area contributed by atoms with E-state index in [0.29, 0.717) is 0 Å². The van der Waals surface area contributed by atoms with Gasteiger partial charge in [0.15, 0.2) is 0 Å². The maximum atomic E-state index is 11.7. The van der Waals surface area contributed by atoms with Gasteiger partial charge < -0.3 is 14.6 Å². The second-order valence-electron chi connectivity index (χ2n) is 6.52. The van der Waals surface area contributed by atoms with E-state index in [9.17, 15) is 14.4 Å². The first-order chi connectivity index (χ1) is 9.97. The summed E-state index contributed by atoms with van der Waals surface area (Å²) in [7, 11) is 0. The highest BCUT2D eigenvalue weighted by atomic mass is 16.6. The molecular weight excluding hydrogens is 288 g/mol. The number of ether oxygens (including phenoxy) is 2. The van der Waals surface area contributed by atoms with Gasteiger partial charge in [-0.1, -0.05) is 41.5 Å². The lowest BCUT2D eigenvalue weighted by molar-refractivity contribution is -0.163. The summed E-state index contributed by atoms with van der Waals surface area (Å²) in [6.07, 6.45) is 1.08. The number of hydrogen-bond donors (Lipinski definition) is 1. The van der Waals surface area contributed by atoms with Crippen LogP contribution in [-0.4, -0.2) is 35.7 Å². The zero-order valence-electron chi connectivity index (χ0n) is 14.1. The molecule has 0 aliphatic rings. The Morgan fingerprint density at radius 2 is 1.64 bits per heavy atom. The van der Waals surface area contributed by atoms with Gasteiger partial charge in [-0.3, -0.25) is 4.79 Å². The van der Waals surface area contributed by atoms with Crippen molar-refractivity contribution in [3.05, 3.63) is 12.2 Å². The summed E-state index contributed by atoms with van der Waals surface area (Å²) in [5.41, 5.74) is -0.592. The Balaban J connectivity index is 4.87. The maximum Gasteiger partial charge on any atom is 0.331 e. The largest absolute Gasteiger partial charge is 0.478 e. The molecule has 0 heterocycles. The average molecular weight is 314 g/mol. The Kier molecular flexibility index (Phi) is 7.84. The van der Waals surface area contributed by atoms with Crippen LogP contribution in [0.25, 0.3) is 0 Å². The standard InChI is InChI=1S/C16H26O6/c1-10(2)14(22-13(19)8-7-12(17)18)16(5,6)9-21-15(20)11(3)4/h7-8,10-11,14H,9H2,1-6H3,(H,17,18)/b8-7-. The van der Waals surface area contributed by atoms with Crippen molar-refractivity contribution in [3.8, 4) is 0 Å². The SMILES string of the molecule is CC(C)C(=O)OCC(C)(C)C(OC(=O)/C=C\C(=O)O)C(C)C. The number of carbonyl (C=O) groups is 3. The minimum absolute atomic E-state index is 0.0186. The zero-order chi connectivity index (χ0) is 17.5. The molecule has 0 radical (unpaired) electrons. The topological polar surface area (TPSA) is 89.9 Å². The quantitative estimate of drug-likeness (QED) is 0.546. The number of carbonyl (C=O) groups excluding carboxylic acids is 2. The highest BCUT2D eigenvalue weighted by Crippen LogP contribution is 2.30. The summed E-state index contributed by atoms with van der Waals surface area (Å²) in [6, 6.07) is 0. The summed E-state index contributed by atoms with van der Waals surface area (Å²) >= 11 is 0. The third-order valence-electron chi connectivity index (χ3n) is 3.04. The number of rotatable bonds is 8. The minimum Gasteiger partial charge on any atom is -0.478 e. The molecule has 1 unspecified atom stereocenters. The Labute approximate surface area is 131 Å². The Morgan fingerprint density at radius 1 is 1.09 bits per heavy atom. The molecule has 0 fully saturated rings. The van der Waals surface area contributed by atoms with Gasteiger partial charge in [0.05, 0.1) is 12.5 Å². The van der Waals surface area contributed by atoms with Gasteiger partial charge in [-0.25, -0.2) is 9.59 Å². The number of esters is 2. The van der Waals surface area contributed by atoms with Crippen molar-refractivity contribution in [2.45, 2.75) is 47.6 Å². The third-order valence-corrected chi connectivity index (χ3v) is 3.04. The van der Waals surface area contributed by atoms with Crippen molar-refractivity contribution in [1.29, 1.82) is 0 Å². The first-order valence-corrected chi connectivity index (χ1v) is 7.25. The molecule has 0 amide bonds. The Hall–Kier alpha value is -1.85. The van der Waals surface area contributed by atoms with Crippen LogP contribution < -0.4 is 0 Å². The van der Waals surface area contributed by atoms with E-state index in [4.69, 9.17) is 14.6 Å². The number of carboxylic acids is 1. The van der Waals surface area contributed by atoms with Crippen LogP contribution in [0.5, 0.6) is 0 Å². The third kappa shape index (κ3) is 7.24. The molecule has 1 N–H and O–H groups in total.